The average molecular weight is 373 g/mol. The second-order valence-electron chi connectivity index (χ2n) is 6.59. The van der Waals surface area contributed by atoms with Gasteiger partial charge in [0.05, 0.1) is 0 Å². The summed E-state index contributed by atoms with van der Waals surface area (Å²) in [5, 5.41) is 0. The van der Waals surface area contributed by atoms with Gasteiger partial charge in [0.25, 0.3) is 0 Å². The van der Waals surface area contributed by atoms with Crippen LogP contribution in [0.25, 0.3) is 0 Å². The van der Waals surface area contributed by atoms with Crippen LogP contribution in [0.5, 0.6) is 0 Å². The lowest BCUT2D eigenvalue weighted by atomic mass is 10.0. The van der Waals surface area contributed by atoms with E-state index in [2.05, 4.69) is 71.4 Å². The molecule has 2 aromatic rings. The van der Waals surface area contributed by atoms with Crippen LogP contribution in [-0.2, 0) is 12.8 Å². The Kier molecular flexibility index (Phi) is 8.46. The normalized spacial score (nSPS) is 10.9. The number of unbranched alkanes of at least 4 members (excludes halogenated alkanes) is 6. The van der Waals surface area contributed by atoms with Crippen molar-refractivity contribution < 1.29 is 0 Å². The van der Waals surface area contributed by atoms with Gasteiger partial charge in [-0.05, 0) is 55.9 Å². The molecular weight excluding hydrogens is 344 g/mol. The summed E-state index contributed by atoms with van der Waals surface area (Å²) in [6.45, 7) is 2.15. The molecule has 0 N–H and O–H groups in total. The van der Waals surface area contributed by atoms with E-state index in [0.717, 1.165) is 0 Å². The van der Waals surface area contributed by atoms with E-state index in [1.54, 1.807) is 0 Å². The maximum atomic E-state index is 3.54. The number of hydrogen-bond donors (Lipinski definition) is 0. The lowest BCUT2D eigenvalue weighted by Crippen LogP contribution is -1.88. The lowest BCUT2D eigenvalue weighted by molar-refractivity contribution is 0.579. The summed E-state index contributed by atoms with van der Waals surface area (Å²) in [6, 6.07) is 17.7. The first-order valence-electron chi connectivity index (χ1n) is 9.04. The Hall–Kier alpha value is -1.08. The van der Waals surface area contributed by atoms with Gasteiger partial charge in [-0.15, -0.1) is 0 Å². The van der Waals surface area contributed by atoms with E-state index in [1.807, 2.05) is 0 Å². The molecule has 0 bridgehead atoms. The number of aryl methyl sites for hydroxylation is 3. The van der Waals surface area contributed by atoms with Gasteiger partial charge in [0.2, 0.25) is 0 Å². The largest absolute Gasteiger partial charge is 0.0609 e. The van der Waals surface area contributed by atoms with Crippen molar-refractivity contribution in [2.45, 2.75) is 64.7 Å². The van der Waals surface area contributed by atoms with Crippen molar-refractivity contribution >= 4 is 15.9 Å². The molecule has 2 aromatic carbocycles. The Morgan fingerprint density at radius 3 is 1.83 bits per heavy atom. The van der Waals surface area contributed by atoms with Crippen LogP contribution in [0, 0.1) is 6.92 Å². The summed E-state index contributed by atoms with van der Waals surface area (Å²) in [6.07, 6.45) is 12.0. The highest BCUT2D eigenvalue weighted by Crippen LogP contribution is 2.15. The van der Waals surface area contributed by atoms with Gasteiger partial charge in [-0.25, -0.2) is 0 Å². The molecule has 124 valence electrons. The molecule has 0 saturated heterocycles. The number of benzene rings is 2. The second kappa shape index (κ2) is 10.6. The standard InChI is InChI=1S/C22H29Br/c1-19-14-16-20(17-15-19)10-7-5-3-2-4-6-8-11-21-12-9-13-22(23)18-21/h9,12-18H,2-8,10-11H2,1H3. The molecule has 0 radical (unpaired) electrons. The molecule has 1 heteroatoms. The van der Waals surface area contributed by atoms with Crippen LogP contribution in [0.3, 0.4) is 0 Å². The molecule has 0 aliphatic carbocycles. The first-order chi connectivity index (χ1) is 11.2. The van der Waals surface area contributed by atoms with Crippen molar-refractivity contribution in [1.82, 2.24) is 0 Å². The molecule has 0 aliphatic heterocycles. The van der Waals surface area contributed by atoms with Crippen LogP contribution in [-0.4, -0.2) is 0 Å². The fourth-order valence-corrected chi connectivity index (χ4v) is 3.44. The Labute approximate surface area is 150 Å². The third-order valence-corrected chi connectivity index (χ3v) is 4.93. The van der Waals surface area contributed by atoms with Gasteiger partial charge in [-0.1, -0.05) is 90.0 Å². The summed E-state index contributed by atoms with van der Waals surface area (Å²) in [5.74, 6) is 0. The first kappa shape index (κ1) is 18.3. The zero-order valence-electron chi connectivity index (χ0n) is 14.4. The Balaban J connectivity index is 1.44. The molecule has 0 heterocycles. The fourth-order valence-electron chi connectivity index (χ4n) is 2.99. The number of hydrogen-bond acceptors (Lipinski definition) is 0. The fraction of sp³-hybridized carbons (Fsp3) is 0.455. The van der Waals surface area contributed by atoms with Crippen LogP contribution in [0.1, 0.15) is 61.6 Å². The van der Waals surface area contributed by atoms with Crippen molar-refractivity contribution in [2.75, 3.05) is 0 Å². The van der Waals surface area contributed by atoms with Gasteiger partial charge >= 0.3 is 0 Å². The van der Waals surface area contributed by atoms with E-state index < -0.39 is 0 Å². The van der Waals surface area contributed by atoms with Crippen LogP contribution < -0.4 is 0 Å². The summed E-state index contributed by atoms with van der Waals surface area (Å²) in [4.78, 5) is 0. The SMILES string of the molecule is Cc1ccc(CCCCCCCCCc2cccc(Br)c2)cc1. The van der Waals surface area contributed by atoms with E-state index in [0.29, 0.717) is 0 Å². The third kappa shape index (κ3) is 7.83. The Morgan fingerprint density at radius 1 is 0.652 bits per heavy atom. The topological polar surface area (TPSA) is 0 Å². The monoisotopic (exact) mass is 372 g/mol. The predicted molar refractivity (Wildman–Crippen MR) is 105 cm³/mol. The molecule has 2 rings (SSSR count). The second-order valence-corrected chi connectivity index (χ2v) is 7.51. The lowest BCUT2D eigenvalue weighted by Gasteiger charge is -2.04. The molecule has 0 nitrogen and oxygen atoms in total. The van der Waals surface area contributed by atoms with Crippen LogP contribution in [0.2, 0.25) is 0 Å². The van der Waals surface area contributed by atoms with Crippen molar-refractivity contribution in [3.8, 4) is 0 Å². The average Bonchev–Trinajstić information content (AvgIpc) is 2.55. The smallest absolute Gasteiger partial charge is 0.0177 e. The zero-order valence-corrected chi connectivity index (χ0v) is 15.9. The number of halogens is 1. The van der Waals surface area contributed by atoms with E-state index >= 15 is 0 Å². The quantitative estimate of drug-likeness (QED) is 0.384. The molecule has 0 saturated carbocycles. The van der Waals surface area contributed by atoms with Gasteiger partial charge < -0.3 is 0 Å². The molecular formula is C22H29Br. The van der Waals surface area contributed by atoms with Gasteiger partial charge in [-0.2, -0.15) is 0 Å². The van der Waals surface area contributed by atoms with Gasteiger partial charge in [0.1, 0.15) is 0 Å². The van der Waals surface area contributed by atoms with E-state index in [9.17, 15) is 0 Å². The van der Waals surface area contributed by atoms with E-state index in [-0.39, 0.29) is 0 Å². The van der Waals surface area contributed by atoms with Gasteiger partial charge in [-0.3, -0.25) is 0 Å². The molecule has 0 atom stereocenters. The van der Waals surface area contributed by atoms with Gasteiger partial charge in [0.15, 0.2) is 0 Å². The van der Waals surface area contributed by atoms with Crippen LogP contribution >= 0.6 is 15.9 Å². The summed E-state index contributed by atoms with van der Waals surface area (Å²) in [5.41, 5.74) is 4.30. The van der Waals surface area contributed by atoms with Crippen molar-refractivity contribution in [3.63, 3.8) is 0 Å². The van der Waals surface area contributed by atoms with Crippen molar-refractivity contribution in [2.24, 2.45) is 0 Å². The summed E-state index contributed by atoms with van der Waals surface area (Å²) in [7, 11) is 0. The predicted octanol–water partition coefficient (Wildman–Crippen LogP) is 7.27. The van der Waals surface area contributed by atoms with E-state index in [4.69, 9.17) is 0 Å². The zero-order chi connectivity index (χ0) is 16.3. The van der Waals surface area contributed by atoms with Crippen LogP contribution in [0.15, 0.2) is 53.0 Å². The Bertz CT molecular complexity index is 556. The van der Waals surface area contributed by atoms with Gasteiger partial charge in [0, 0.05) is 4.47 Å². The van der Waals surface area contributed by atoms with Crippen molar-refractivity contribution in [3.05, 3.63) is 69.7 Å². The highest BCUT2D eigenvalue weighted by molar-refractivity contribution is 9.10. The highest BCUT2D eigenvalue weighted by Gasteiger charge is 1.97. The molecule has 0 fully saturated rings. The molecule has 0 amide bonds. The van der Waals surface area contributed by atoms with Crippen molar-refractivity contribution in [1.29, 1.82) is 0 Å². The minimum absolute atomic E-state index is 1.20. The maximum Gasteiger partial charge on any atom is 0.0177 e. The Morgan fingerprint density at radius 2 is 1.22 bits per heavy atom. The summed E-state index contributed by atoms with van der Waals surface area (Å²) < 4.78 is 1.20. The summed E-state index contributed by atoms with van der Waals surface area (Å²) >= 11 is 3.54. The van der Waals surface area contributed by atoms with E-state index in [1.165, 1.54) is 79.0 Å². The third-order valence-electron chi connectivity index (χ3n) is 4.44. The minimum Gasteiger partial charge on any atom is -0.0609 e. The number of rotatable bonds is 10. The highest BCUT2D eigenvalue weighted by atomic mass is 79.9. The maximum absolute atomic E-state index is 3.54. The minimum atomic E-state index is 1.20. The molecule has 0 aliphatic rings. The van der Waals surface area contributed by atoms with Crippen LogP contribution in [0.4, 0.5) is 0 Å². The molecule has 0 aromatic heterocycles. The molecule has 0 unspecified atom stereocenters. The first-order valence-corrected chi connectivity index (χ1v) is 9.83. The molecule has 23 heavy (non-hydrogen) atoms. The molecule has 0 spiro atoms.